The number of hydrogen-bond donors (Lipinski definition) is 0. The molecule has 1 aliphatic carbocycles. The van der Waals surface area contributed by atoms with Crippen LogP contribution in [0.1, 0.15) is 64.7 Å². The summed E-state index contributed by atoms with van der Waals surface area (Å²) < 4.78 is 18.0. The van der Waals surface area contributed by atoms with Crippen molar-refractivity contribution < 1.29 is 23.2 Å². The minimum atomic E-state index is -1.75. The SMILES string of the molecule is CCCCC[C@@H](/C=C/[C@H]1[C@H](O[Si](C)(C)C)C/C(=N/OC)[C@@H]1C/C=C/CCCC(=O)OC)O[Si](C)(C)C. The molecule has 0 N–H and O–H groups in total. The summed E-state index contributed by atoms with van der Waals surface area (Å²) in [5, 5.41) is 4.43. The van der Waals surface area contributed by atoms with Gasteiger partial charge in [-0.1, -0.05) is 55.6 Å². The third kappa shape index (κ3) is 13.9. The van der Waals surface area contributed by atoms with Crippen molar-refractivity contribution in [1.82, 2.24) is 0 Å². The van der Waals surface area contributed by atoms with Crippen LogP contribution in [-0.2, 0) is 23.2 Å². The van der Waals surface area contributed by atoms with Crippen LogP contribution in [-0.4, -0.2) is 54.7 Å². The maximum atomic E-state index is 11.4. The van der Waals surface area contributed by atoms with Crippen LogP contribution in [0.15, 0.2) is 29.5 Å². The fraction of sp³-hybridized carbons (Fsp3) is 0.786. The largest absolute Gasteiger partial charge is 0.469 e. The normalized spacial score (nSPS) is 23.1. The zero-order valence-electron chi connectivity index (χ0n) is 24.5. The van der Waals surface area contributed by atoms with E-state index in [1.165, 1.54) is 26.4 Å². The van der Waals surface area contributed by atoms with Crippen LogP contribution in [0.5, 0.6) is 0 Å². The number of allylic oxidation sites excluding steroid dienone is 2. The summed E-state index contributed by atoms with van der Waals surface area (Å²) in [6, 6.07) is 0. The molecule has 1 rings (SSSR count). The molecule has 0 heterocycles. The van der Waals surface area contributed by atoms with Gasteiger partial charge in [0.15, 0.2) is 16.6 Å². The quantitative estimate of drug-likeness (QED) is 0.0630. The van der Waals surface area contributed by atoms with Crippen LogP contribution in [0.3, 0.4) is 0 Å². The first kappa shape index (κ1) is 32.8. The molecule has 1 saturated carbocycles. The minimum Gasteiger partial charge on any atom is -0.469 e. The summed E-state index contributed by atoms with van der Waals surface area (Å²) in [7, 11) is -0.354. The fourth-order valence-corrected chi connectivity index (χ4v) is 6.90. The second-order valence-electron chi connectivity index (χ2n) is 11.7. The molecular formula is C28H53NO5Si2. The number of carbonyl (C=O) groups is 1. The molecule has 0 amide bonds. The van der Waals surface area contributed by atoms with E-state index >= 15 is 0 Å². The number of carbonyl (C=O) groups excluding carboxylic acids is 1. The maximum absolute atomic E-state index is 11.4. The van der Waals surface area contributed by atoms with Crippen molar-refractivity contribution >= 4 is 28.3 Å². The van der Waals surface area contributed by atoms with Crippen molar-refractivity contribution in [3.8, 4) is 0 Å². The van der Waals surface area contributed by atoms with Crippen molar-refractivity contribution in [3.63, 3.8) is 0 Å². The maximum Gasteiger partial charge on any atom is 0.305 e. The predicted molar refractivity (Wildman–Crippen MR) is 155 cm³/mol. The van der Waals surface area contributed by atoms with Gasteiger partial charge in [-0.2, -0.15) is 0 Å². The number of ether oxygens (including phenoxy) is 1. The molecule has 0 radical (unpaired) electrons. The highest BCUT2D eigenvalue weighted by Crippen LogP contribution is 2.38. The average Bonchev–Trinajstić information content (AvgIpc) is 3.07. The molecule has 0 spiro atoms. The number of hydrogen-bond acceptors (Lipinski definition) is 6. The Morgan fingerprint density at radius 3 is 2.36 bits per heavy atom. The van der Waals surface area contributed by atoms with Gasteiger partial charge in [0.25, 0.3) is 0 Å². The summed E-state index contributed by atoms with van der Waals surface area (Å²) in [6.07, 6.45) is 17.8. The first-order valence-corrected chi connectivity index (χ1v) is 20.6. The lowest BCUT2D eigenvalue weighted by Gasteiger charge is -2.29. The average molecular weight is 540 g/mol. The molecule has 0 aromatic heterocycles. The highest BCUT2D eigenvalue weighted by molar-refractivity contribution is 6.70. The first-order valence-electron chi connectivity index (χ1n) is 13.8. The molecule has 1 aliphatic rings. The van der Waals surface area contributed by atoms with E-state index in [2.05, 4.69) is 75.7 Å². The second kappa shape index (κ2) is 16.6. The number of methoxy groups -OCH3 is 1. The van der Waals surface area contributed by atoms with Gasteiger partial charge in [0.05, 0.1) is 25.0 Å². The van der Waals surface area contributed by atoms with Crippen LogP contribution < -0.4 is 0 Å². The number of rotatable bonds is 17. The summed E-state index contributed by atoms with van der Waals surface area (Å²) in [4.78, 5) is 16.6. The Morgan fingerprint density at radius 2 is 1.78 bits per heavy atom. The third-order valence-corrected chi connectivity index (χ3v) is 8.15. The molecule has 0 saturated heterocycles. The lowest BCUT2D eigenvalue weighted by molar-refractivity contribution is -0.140. The van der Waals surface area contributed by atoms with Crippen molar-refractivity contribution in [2.24, 2.45) is 17.0 Å². The Morgan fingerprint density at radius 1 is 1.06 bits per heavy atom. The van der Waals surface area contributed by atoms with E-state index < -0.39 is 16.6 Å². The van der Waals surface area contributed by atoms with Crippen LogP contribution in [0.25, 0.3) is 0 Å². The van der Waals surface area contributed by atoms with Gasteiger partial charge in [0.1, 0.15) is 7.11 Å². The van der Waals surface area contributed by atoms with Gasteiger partial charge in [-0.15, -0.1) is 0 Å². The van der Waals surface area contributed by atoms with E-state index in [0.717, 1.165) is 37.8 Å². The van der Waals surface area contributed by atoms with E-state index in [9.17, 15) is 4.79 Å². The number of oxime groups is 1. The molecule has 0 aromatic carbocycles. The molecule has 6 nitrogen and oxygen atoms in total. The topological polar surface area (TPSA) is 66.4 Å². The molecule has 0 aromatic rings. The molecule has 208 valence electrons. The summed E-state index contributed by atoms with van der Waals surface area (Å²) >= 11 is 0. The Balaban J connectivity index is 3.09. The molecule has 8 heteroatoms. The van der Waals surface area contributed by atoms with E-state index in [-0.39, 0.29) is 30.0 Å². The van der Waals surface area contributed by atoms with Crippen molar-refractivity contribution in [3.05, 3.63) is 24.3 Å². The monoisotopic (exact) mass is 539 g/mol. The highest BCUT2D eigenvalue weighted by atomic mass is 28.4. The van der Waals surface area contributed by atoms with Gasteiger partial charge < -0.3 is 18.4 Å². The van der Waals surface area contributed by atoms with Gasteiger partial charge in [0, 0.05) is 24.7 Å². The highest BCUT2D eigenvalue weighted by Gasteiger charge is 2.42. The number of unbranched alkanes of at least 4 members (excludes halogenated alkanes) is 3. The minimum absolute atomic E-state index is 0.0997. The number of esters is 1. The molecule has 36 heavy (non-hydrogen) atoms. The molecule has 0 aliphatic heterocycles. The van der Waals surface area contributed by atoms with Crippen LogP contribution >= 0.6 is 0 Å². The third-order valence-electron chi connectivity index (χ3n) is 6.13. The van der Waals surface area contributed by atoms with Crippen LogP contribution in [0.2, 0.25) is 39.3 Å². The smallest absolute Gasteiger partial charge is 0.305 e. The number of nitrogens with zero attached hydrogens (tertiary/aromatic N) is 1. The lowest BCUT2D eigenvalue weighted by Crippen LogP contribution is -2.35. The Kier molecular flexibility index (Phi) is 15.1. The van der Waals surface area contributed by atoms with Gasteiger partial charge in [-0.05, 0) is 65.0 Å². The van der Waals surface area contributed by atoms with Gasteiger partial charge in [-0.25, -0.2) is 0 Å². The Bertz CT molecular complexity index is 724. The van der Waals surface area contributed by atoms with Gasteiger partial charge in [0.2, 0.25) is 0 Å². The Labute approximate surface area is 223 Å². The summed E-state index contributed by atoms with van der Waals surface area (Å²) in [6.45, 7) is 15.8. The van der Waals surface area contributed by atoms with E-state index in [4.69, 9.17) is 18.4 Å². The van der Waals surface area contributed by atoms with Crippen molar-refractivity contribution in [2.75, 3.05) is 14.2 Å². The van der Waals surface area contributed by atoms with Crippen molar-refractivity contribution in [2.45, 2.75) is 116 Å². The summed E-state index contributed by atoms with van der Waals surface area (Å²) in [5.74, 6) is 0.297. The fourth-order valence-electron chi connectivity index (χ4n) is 4.65. The Hall–Kier alpha value is -1.23. The predicted octanol–water partition coefficient (Wildman–Crippen LogP) is 7.49. The van der Waals surface area contributed by atoms with E-state index in [0.29, 0.717) is 6.42 Å². The lowest BCUT2D eigenvalue weighted by atomic mass is 9.89. The summed E-state index contributed by atoms with van der Waals surface area (Å²) in [5.41, 5.74) is 1.07. The van der Waals surface area contributed by atoms with Crippen molar-refractivity contribution in [1.29, 1.82) is 0 Å². The molecular weight excluding hydrogens is 486 g/mol. The van der Waals surface area contributed by atoms with E-state index in [1.54, 1.807) is 7.11 Å². The van der Waals surface area contributed by atoms with Crippen LogP contribution in [0.4, 0.5) is 0 Å². The molecule has 0 unspecified atom stereocenters. The first-order chi connectivity index (χ1) is 16.9. The van der Waals surface area contributed by atoms with Gasteiger partial charge in [-0.3, -0.25) is 4.79 Å². The standard InChI is InChI=1S/C28H53NO5Si2/c1-10-11-14-17-23(33-35(4,5)6)20-21-25-24(18-15-12-13-16-19-28(30)31-2)26(29-32-3)22-27(25)34-36(7,8)9/h12,15,20-21,23-25,27H,10-11,13-14,16-19,22H2,1-9H3/b15-12+,21-20+,29-26-/t23-,24+,25+,27+/m0/s1. The molecule has 0 bridgehead atoms. The second-order valence-corrected chi connectivity index (χ2v) is 20.7. The zero-order chi connectivity index (χ0) is 27.2. The van der Waals surface area contributed by atoms with Crippen LogP contribution in [0, 0.1) is 11.8 Å². The zero-order valence-corrected chi connectivity index (χ0v) is 26.5. The van der Waals surface area contributed by atoms with E-state index in [1.807, 2.05) is 0 Å². The van der Waals surface area contributed by atoms with Gasteiger partial charge >= 0.3 is 5.97 Å². The molecule has 4 atom stereocenters. The molecule has 1 fully saturated rings.